The van der Waals surface area contributed by atoms with Gasteiger partial charge >= 0.3 is 0 Å². The maximum atomic E-state index is 12.0. The fraction of sp³-hybridized carbons (Fsp3) is 0.500. The zero-order chi connectivity index (χ0) is 14.7. The average molecular weight is 344 g/mol. The molecule has 1 unspecified atom stereocenters. The van der Waals surface area contributed by atoms with E-state index < -0.39 is 0 Å². The Bertz CT molecular complexity index is 506. The Balaban J connectivity index is 2.25. The Kier molecular flexibility index (Phi) is 5.01. The molecule has 0 bridgehead atoms. The molecule has 0 saturated carbocycles. The lowest BCUT2D eigenvalue weighted by Gasteiger charge is -2.27. The first kappa shape index (κ1) is 15.3. The summed E-state index contributed by atoms with van der Waals surface area (Å²) in [6.07, 6.45) is 0.830. The van der Waals surface area contributed by atoms with Crippen molar-refractivity contribution in [1.29, 1.82) is 0 Å². The fourth-order valence-corrected chi connectivity index (χ4v) is 2.79. The van der Waals surface area contributed by atoms with Crippen LogP contribution in [0.4, 0.5) is 0 Å². The summed E-state index contributed by atoms with van der Waals surface area (Å²) in [5, 5.41) is 1.22. The van der Waals surface area contributed by atoms with Crippen LogP contribution in [-0.2, 0) is 20.8 Å². The molecule has 0 fully saturated rings. The minimum Gasteiger partial charge on any atom is -0.496 e. The number of rotatable bonds is 4. The number of halogens is 1. The fourth-order valence-electron chi connectivity index (χ4n) is 2.24. The van der Waals surface area contributed by atoms with Gasteiger partial charge in [0.2, 0.25) is 5.91 Å². The number of hydrogen-bond acceptors (Lipinski definition) is 4. The van der Waals surface area contributed by atoms with Gasteiger partial charge in [0.05, 0.1) is 37.8 Å². The van der Waals surface area contributed by atoms with Gasteiger partial charge in [-0.15, -0.1) is 0 Å². The summed E-state index contributed by atoms with van der Waals surface area (Å²) in [7, 11) is 4.68. The first-order chi connectivity index (χ1) is 9.56. The van der Waals surface area contributed by atoms with Crippen LogP contribution in [0.2, 0.25) is 0 Å². The molecule has 2 rings (SSSR count). The molecule has 0 aliphatic carbocycles. The topological polar surface area (TPSA) is 48.0 Å². The second-order valence-corrected chi connectivity index (χ2v) is 5.43. The van der Waals surface area contributed by atoms with E-state index in [1.165, 1.54) is 17.7 Å². The van der Waals surface area contributed by atoms with Gasteiger partial charge in [0, 0.05) is 7.05 Å². The second-order valence-electron chi connectivity index (χ2n) is 4.57. The molecule has 0 N–H and O–H groups in total. The number of ether oxygens (including phenoxy) is 2. The lowest BCUT2D eigenvalue weighted by molar-refractivity contribution is -0.171. The molecule has 1 atom stereocenters. The Hall–Kier alpha value is -1.11. The molecule has 1 aliphatic heterocycles. The van der Waals surface area contributed by atoms with Gasteiger partial charge in [0.15, 0.2) is 0 Å². The lowest BCUT2D eigenvalue weighted by Crippen LogP contribution is -2.29. The molecule has 0 radical (unpaired) electrons. The number of fused-ring (bicyclic) bond motifs is 1. The van der Waals surface area contributed by atoms with Gasteiger partial charge in [-0.1, -0.05) is 0 Å². The third-order valence-electron chi connectivity index (χ3n) is 3.44. The van der Waals surface area contributed by atoms with E-state index in [-0.39, 0.29) is 18.4 Å². The average Bonchev–Trinajstić information content (AvgIpc) is 2.45. The molecule has 0 spiro atoms. The minimum absolute atomic E-state index is 0.118. The SMILES string of the molecule is COc1cc2c(cc1Br)CCOC2CC(=O)N(C)OC. The molecule has 1 heterocycles. The Labute approximate surface area is 126 Å². The molecular weight excluding hydrogens is 326 g/mol. The Morgan fingerprint density at radius 3 is 2.90 bits per heavy atom. The van der Waals surface area contributed by atoms with Crippen LogP contribution in [0.15, 0.2) is 16.6 Å². The van der Waals surface area contributed by atoms with Gasteiger partial charge in [-0.05, 0) is 45.6 Å². The molecule has 5 nitrogen and oxygen atoms in total. The second kappa shape index (κ2) is 6.56. The van der Waals surface area contributed by atoms with Gasteiger partial charge in [-0.2, -0.15) is 0 Å². The molecule has 110 valence electrons. The van der Waals surface area contributed by atoms with Crippen molar-refractivity contribution in [2.45, 2.75) is 18.9 Å². The summed E-state index contributed by atoms with van der Waals surface area (Å²) in [4.78, 5) is 16.9. The van der Waals surface area contributed by atoms with E-state index in [2.05, 4.69) is 15.9 Å². The molecule has 0 aromatic heterocycles. The normalized spacial score (nSPS) is 17.5. The van der Waals surface area contributed by atoms with Crippen molar-refractivity contribution in [2.24, 2.45) is 0 Å². The van der Waals surface area contributed by atoms with E-state index in [9.17, 15) is 4.79 Å². The maximum absolute atomic E-state index is 12.0. The van der Waals surface area contributed by atoms with Crippen LogP contribution < -0.4 is 4.74 Å². The highest BCUT2D eigenvalue weighted by Crippen LogP contribution is 2.37. The van der Waals surface area contributed by atoms with Crippen molar-refractivity contribution >= 4 is 21.8 Å². The lowest BCUT2D eigenvalue weighted by atomic mass is 9.95. The third kappa shape index (κ3) is 3.13. The largest absolute Gasteiger partial charge is 0.496 e. The van der Waals surface area contributed by atoms with Crippen LogP contribution in [0.25, 0.3) is 0 Å². The standard InChI is InChI=1S/C14H18BrNO4/c1-16(19-3)14(17)8-12-10-7-13(18-2)11(15)6-9(10)4-5-20-12/h6-7,12H,4-5,8H2,1-3H3. The van der Waals surface area contributed by atoms with Gasteiger partial charge in [-0.3, -0.25) is 9.63 Å². The van der Waals surface area contributed by atoms with E-state index in [0.717, 1.165) is 22.2 Å². The minimum atomic E-state index is -0.258. The van der Waals surface area contributed by atoms with Crippen LogP contribution >= 0.6 is 15.9 Å². The quantitative estimate of drug-likeness (QED) is 0.788. The molecule has 1 amide bonds. The Morgan fingerprint density at radius 1 is 1.50 bits per heavy atom. The molecule has 1 aromatic carbocycles. The van der Waals surface area contributed by atoms with Crippen molar-refractivity contribution in [3.63, 3.8) is 0 Å². The van der Waals surface area contributed by atoms with E-state index >= 15 is 0 Å². The summed E-state index contributed by atoms with van der Waals surface area (Å²) >= 11 is 3.48. The number of nitrogens with zero attached hydrogens (tertiary/aromatic N) is 1. The van der Waals surface area contributed by atoms with Crippen LogP contribution in [0.3, 0.4) is 0 Å². The molecule has 20 heavy (non-hydrogen) atoms. The van der Waals surface area contributed by atoms with E-state index in [1.54, 1.807) is 14.2 Å². The zero-order valence-electron chi connectivity index (χ0n) is 11.8. The number of hydroxylamine groups is 2. The van der Waals surface area contributed by atoms with Gasteiger partial charge < -0.3 is 9.47 Å². The highest BCUT2D eigenvalue weighted by molar-refractivity contribution is 9.10. The molecule has 6 heteroatoms. The summed E-state index contributed by atoms with van der Waals surface area (Å²) < 4.78 is 12.0. The van der Waals surface area contributed by atoms with Crippen LogP contribution in [0.1, 0.15) is 23.7 Å². The predicted octanol–water partition coefficient (Wildman–Crippen LogP) is 2.48. The number of carbonyl (C=O) groups is 1. The maximum Gasteiger partial charge on any atom is 0.248 e. The van der Waals surface area contributed by atoms with Crippen molar-refractivity contribution in [3.8, 4) is 5.75 Å². The molecule has 1 aromatic rings. The highest BCUT2D eigenvalue weighted by atomic mass is 79.9. The third-order valence-corrected chi connectivity index (χ3v) is 4.06. The van der Waals surface area contributed by atoms with Gasteiger partial charge in [-0.25, -0.2) is 5.06 Å². The Morgan fingerprint density at radius 2 is 2.25 bits per heavy atom. The molecule has 1 aliphatic rings. The summed E-state index contributed by atoms with van der Waals surface area (Å²) in [5.41, 5.74) is 2.19. The summed E-state index contributed by atoms with van der Waals surface area (Å²) in [6, 6.07) is 3.97. The first-order valence-electron chi connectivity index (χ1n) is 6.35. The zero-order valence-corrected chi connectivity index (χ0v) is 13.4. The molecular formula is C14H18BrNO4. The van der Waals surface area contributed by atoms with E-state index in [1.807, 2.05) is 12.1 Å². The number of benzene rings is 1. The van der Waals surface area contributed by atoms with E-state index in [0.29, 0.717) is 6.61 Å². The number of hydrogen-bond donors (Lipinski definition) is 0. The van der Waals surface area contributed by atoms with Crippen LogP contribution in [0, 0.1) is 0 Å². The van der Waals surface area contributed by atoms with Crippen LogP contribution in [-0.4, -0.2) is 38.8 Å². The summed E-state index contributed by atoms with van der Waals surface area (Å²) in [6.45, 7) is 0.612. The van der Waals surface area contributed by atoms with Gasteiger partial charge in [0.1, 0.15) is 5.75 Å². The van der Waals surface area contributed by atoms with Gasteiger partial charge in [0.25, 0.3) is 0 Å². The van der Waals surface area contributed by atoms with Crippen molar-refractivity contribution in [3.05, 3.63) is 27.7 Å². The highest BCUT2D eigenvalue weighted by Gasteiger charge is 2.26. The number of methoxy groups -OCH3 is 1. The van der Waals surface area contributed by atoms with E-state index in [4.69, 9.17) is 14.3 Å². The number of amides is 1. The summed E-state index contributed by atoms with van der Waals surface area (Å²) in [5.74, 6) is 0.624. The van der Waals surface area contributed by atoms with Crippen molar-refractivity contribution in [2.75, 3.05) is 27.9 Å². The van der Waals surface area contributed by atoms with Crippen LogP contribution in [0.5, 0.6) is 5.75 Å². The van der Waals surface area contributed by atoms with Crippen molar-refractivity contribution < 1.29 is 19.1 Å². The predicted molar refractivity (Wildman–Crippen MR) is 77.5 cm³/mol. The smallest absolute Gasteiger partial charge is 0.248 e. The monoisotopic (exact) mass is 343 g/mol. The first-order valence-corrected chi connectivity index (χ1v) is 7.14. The number of carbonyl (C=O) groups excluding carboxylic acids is 1. The van der Waals surface area contributed by atoms with Crippen molar-refractivity contribution in [1.82, 2.24) is 5.06 Å². The molecule has 0 saturated heterocycles.